The van der Waals surface area contributed by atoms with Gasteiger partial charge in [-0.1, -0.05) is 0 Å². The van der Waals surface area contributed by atoms with Gasteiger partial charge < -0.3 is 29.2 Å². The predicted molar refractivity (Wildman–Crippen MR) is 114 cm³/mol. The highest BCUT2D eigenvalue weighted by Crippen LogP contribution is 2.50. The minimum atomic E-state index is -0.359. The topological polar surface area (TPSA) is 86.3 Å². The van der Waals surface area contributed by atoms with Crippen LogP contribution in [0.4, 0.5) is 0 Å². The number of ether oxygens (including phenoxy) is 4. The van der Waals surface area contributed by atoms with Gasteiger partial charge in [-0.15, -0.1) is 11.8 Å². The van der Waals surface area contributed by atoms with Crippen molar-refractivity contribution in [2.24, 2.45) is 0 Å². The van der Waals surface area contributed by atoms with Crippen molar-refractivity contribution in [3.05, 3.63) is 40.1 Å². The van der Waals surface area contributed by atoms with E-state index in [-0.39, 0.29) is 24.4 Å². The van der Waals surface area contributed by atoms with Crippen LogP contribution in [0.2, 0.25) is 0 Å². The van der Waals surface area contributed by atoms with Gasteiger partial charge in [0.1, 0.15) is 0 Å². The summed E-state index contributed by atoms with van der Waals surface area (Å²) in [7, 11) is 6.24. The van der Waals surface area contributed by atoms with Crippen molar-refractivity contribution >= 4 is 23.6 Å². The summed E-state index contributed by atoms with van der Waals surface area (Å²) in [5.41, 5.74) is 2.27. The average molecular weight is 435 g/mol. The molecule has 1 aromatic carbocycles. The molecule has 1 fully saturated rings. The Labute approximate surface area is 180 Å². The number of carbonyl (C=O) groups is 2. The van der Waals surface area contributed by atoms with Crippen molar-refractivity contribution in [1.82, 2.24) is 10.2 Å². The smallest absolute Gasteiger partial charge is 0.337 e. The number of amides is 1. The molecule has 9 heteroatoms. The van der Waals surface area contributed by atoms with Crippen LogP contribution in [0.25, 0.3) is 0 Å². The SMILES string of the molecule is CCOC(=O)C1=C2SCC(=CC(=O)NC)N2CC1c1cc(OC)c(OC)c(OC)c1. The zero-order valence-corrected chi connectivity index (χ0v) is 18.6. The summed E-state index contributed by atoms with van der Waals surface area (Å²) in [4.78, 5) is 26.8. The number of benzene rings is 1. The molecule has 1 amide bonds. The number of nitrogens with one attached hydrogen (secondary N) is 1. The van der Waals surface area contributed by atoms with E-state index in [1.807, 2.05) is 17.0 Å². The molecule has 2 aliphatic rings. The summed E-state index contributed by atoms with van der Waals surface area (Å²) in [6.45, 7) is 2.57. The molecule has 0 bridgehead atoms. The molecular formula is C21H26N2O6S. The van der Waals surface area contributed by atoms with E-state index >= 15 is 0 Å². The van der Waals surface area contributed by atoms with Gasteiger partial charge in [0.05, 0.1) is 38.5 Å². The Morgan fingerprint density at radius 1 is 1.20 bits per heavy atom. The molecule has 1 N–H and O–H groups in total. The Bertz CT molecular complexity index is 886. The summed E-state index contributed by atoms with van der Waals surface area (Å²) in [5, 5.41) is 3.43. The Hall–Kier alpha value is -2.81. The Balaban J connectivity index is 2.09. The van der Waals surface area contributed by atoms with E-state index < -0.39 is 0 Å². The Morgan fingerprint density at radius 2 is 1.87 bits per heavy atom. The zero-order valence-electron chi connectivity index (χ0n) is 17.7. The number of hydrogen-bond acceptors (Lipinski definition) is 8. The lowest BCUT2D eigenvalue weighted by Gasteiger charge is -2.20. The molecule has 1 saturated heterocycles. The number of hydrogen-bond donors (Lipinski definition) is 1. The second-order valence-corrected chi connectivity index (χ2v) is 7.56. The highest BCUT2D eigenvalue weighted by Gasteiger charge is 2.42. The molecule has 2 aliphatic heterocycles. The highest BCUT2D eigenvalue weighted by molar-refractivity contribution is 8.03. The minimum absolute atomic E-state index is 0.180. The van der Waals surface area contributed by atoms with Crippen molar-refractivity contribution in [2.75, 3.05) is 47.3 Å². The fraction of sp³-hybridized carbons (Fsp3) is 0.429. The lowest BCUT2D eigenvalue weighted by molar-refractivity contribution is -0.138. The third-order valence-electron chi connectivity index (χ3n) is 5.02. The monoisotopic (exact) mass is 434 g/mol. The standard InChI is InChI=1S/C21H26N2O6S/c1-6-29-21(25)18-14(10-23-13(9-17(24)22-2)11-30-20(18)23)12-7-15(26-3)19(28-5)16(8-12)27-4/h7-9,14H,6,10-11H2,1-5H3,(H,22,24). The first kappa shape index (κ1) is 21.9. The largest absolute Gasteiger partial charge is 0.493 e. The van der Waals surface area contributed by atoms with E-state index in [1.54, 1.807) is 41.4 Å². The fourth-order valence-corrected chi connectivity index (χ4v) is 4.88. The van der Waals surface area contributed by atoms with Crippen molar-refractivity contribution in [3.8, 4) is 17.2 Å². The number of thioether (sulfide) groups is 1. The van der Waals surface area contributed by atoms with E-state index in [4.69, 9.17) is 18.9 Å². The molecule has 162 valence electrons. The molecule has 0 radical (unpaired) electrons. The van der Waals surface area contributed by atoms with Crippen LogP contribution >= 0.6 is 11.8 Å². The summed E-state index contributed by atoms with van der Waals surface area (Å²) < 4.78 is 21.7. The number of fused-ring (bicyclic) bond motifs is 1. The number of carbonyl (C=O) groups excluding carboxylic acids is 2. The van der Waals surface area contributed by atoms with Crippen LogP contribution in [0, 0.1) is 0 Å². The second-order valence-electron chi connectivity index (χ2n) is 6.60. The Morgan fingerprint density at radius 3 is 2.40 bits per heavy atom. The first-order valence-electron chi connectivity index (χ1n) is 9.52. The van der Waals surface area contributed by atoms with Crippen LogP contribution in [0.5, 0.6) is 17.2 Å². The summed E-state index contributed by atoms with van der Waals surface area (Å²) in [5.74, 6) is 1.33. The van der Waals surface area contributed by atoms with E-state index in [2.05, 4.69) is 5.32 Å². The van der Waals surface area contributed by atoms with Crippen LogP contribution in [0.15, 0.2) is 34.5 Å². The minimum Gasteiger partial charge on any atom is -0.493 e. The van der Waals surface area contributed by atoms with Gasteiger partial charge in [-0.3, -0.25) is 4.79 Å². The molecule has 0 aliphatic carbocycles. The first-order valence-corrected chi connectivity index (χ1v) is 10.5. The van der Waals surface area contributed by atoms with Gasteiger partial charge in [0, 0.05) is 37.0 Å². The van der Waals surface area contributed by atoms with Gasteiger partial charge in [0.2, 0.25) is 11.7 Å². The lowest BCUT2D eigenvalue weighted by atomic mass is 9.92. The first-order chi connectivity index (χ1) is 14.5. The molecule has 1 atom stereocenters. The molecule has 0 spiro atoms. The maximum atomic E-state index is 12.9. The molecule has 2 heterocycles. The average Bonchev–Trinajstić information content (AvgIpc) is 3.32. The van der Waals surface area contributed by atoms with E-state index in [0.717, 1.165) is 16.3 Å². The maximum Gasteiger partial charge on any atom is 0.337 e. The summed E-state index contributed by atoms with van der Waals surface area (Å²) in [6, 6.07) is 3.70. The molecular weight excluding hydrogens is 408 g/mol. The number of esters is 1. The van der Waals surface area contributed by atoms with Gasteiger partial charge in [-0.25, -0.2) is 4.79 Å². The molecule has 30 heavy (non-hydrogen) atoms. The van der Waals surface area contributed by atoms with Crippen LogP contribution in [0.1, 0.15) is 18.4 Å². The van der Waals surface area contributed by atoms with Gasteiger partial charge in [-0.05, 0) is 24.6 Å². The van der Waals surface area contributed by atoms with Crippen molar-refractivity contribution in [2.45, 2.75) is 12.8 Å². The van der Waals surface area contributed by atoms with Gasteiger partial charge in [-0.2, -0.15) is 0 Å². The molecule has 3 rings (SSSR count). The highest BCUT2D eigenvalue weighted by atomic mass is 32.2. The normalized spacial score (nSPS) is 19.0. The van der Waals surface area contributed by atoms with Gasteiger partial charge >= 0.3 is 5.97 Å². The number of rotatable bonds is 7. The van der Waals surface area contributed by atoms with Crippen LogP contribution in [0.3, 0.4) is 0 Å². The maximum absolute atomic E-state index is 12.9. The van der Waals surface area contributed by atoms with E-state index in [0.29, 0.717) is 35.1 Å². The molecule has 0 aromatic heterocycles. The summed E-state index contributed by atoms with van der Waals surface area (Å²) >= 11 is 1.53. The lowest BCUT2D eigenvalue weighted by Crippen LogP contribution is -2.21. The van der Waals surface area contributed by atoms with Crippen molar-refractivity contribution in [1.29, 1.82) is 0 Å². The third kappa shape index (κ3) is 3.94. The zero-order chi connectivity index (χ0) is 21.8. The number of methoxy groups -OCH3 is 3. The fourth-order valence-electron chi connectivity index (χ4n) is 3.63. The third-order valence-corrected chi connectivity index (χ3v) is 6.18. The molecule has 1 aromatic rings. The van der Waals surface area contributed by atoms with Gasteiger partial charge in [0.15, 0.2) is 11.5 Å². The van der Waals surface area contributed by atoms with Crippen molar-refractivity contribution in [3.63, 3.8) is 0 Å². The quantitative estimate of drug-likeness (QED) is 0.517. The number of nitrogens with zero attached hydrogens (tertiary/aromatic N) is 1. The van der Waals surface area contributed by atoms with Crippen LogP contribution < -0.4 is 19.5 Å². The number of likely N-dealkylation sites (N-methyl/N-ethyl adjacent to an activating group) is 1. The molecule has 1 unspecified atom stereocenters. The molecule has 0 saturated carbocycles. The van der Waals surface area contributed by atoms with Crippen molar-refractivity contribution < 1.29 is 28.5 Å². The van der Waals surface area contributed by atoms with Crippen LogP contribution in [-0.4, -0.2) is 64.1 Å². The van der Waals surface area contributed by atoms with Gasteiger partial charge in [0.25, 0.3) is 0 Å². The predicted octanol–water partition coefficient (Wildman–Crippen LogP) is 2.26. The van der Waals surface area contributed by atoms with E-state index in [9.17, 15) is 9.59 Å². The second kappa shape index (κ2) is 9.34. The Kier molecular flexibility index (Phi) is 6.81. The van der Waals surface area contributed by atoms with Crippen LogP contribution in [-0.2, 0) is 14.3 Å². The molecule has 8 nitrogen and oxygen atoms in total. The summed E-state index contributed by atoms with van der Waals surface area (Å²) in [6.07, 6.45) is 1.57. The van der Waals surface area contributed by atoms with E-state index in [1.165, 1.54) is 11.8 Å².